The summed E-state index contributed by atoms with van der Waals surface area (Å²) in [6, 6.07) is 0.565. The fraction of sp³-hybridized carbons (Fsp3) is 0.769. The van der Waals surface area contributed by atoms with Gasteiger partial charge in [-0.05, 0) is 39.7 Å². The Morgan fingerprint density at radius 2 is 1.94 bits per heavy atom. The van der Waals surface area contributed by atoms with Crippen LogP contribution in [0, 0.1) is 13.8 Å². The molecule has 0 bridgehead atoms. The second kappa shape index (κ2) is 5.19. The third-order valence-electron chi connectivity index (χ3n) is 3.69. The standard InChI is InChI=1S/C13H22N2O2/c1-9-13(14-10(2)17-9)8-15(3)11-4-6-12(16)7-5-11/h11-12,16H,4-8H2,1-3H3. The Morgan fingerprint density at radius 3 is 2.47 bits per heavy atom. The van der Waals surface area contributed by atoms with E-state index in [4.69, 9.17) is 4.42 Å². The molecule has 0 spiro atoms. The first-order chi connectivity index (χ1) is 8.06. The van der Waals surface area contributed by atoms with Gasteiger partial charge < -0.3 is 9.52 Å². The molecule has 96 valence electrons. The monoisotopic (exact) mass is 238 g/mol. The maximum absolute atomic E-state index is 9.50. The van der Waals surface area contributed by atoms with Gasteiger partial charge in [-0.15, -0.1) is 0 Å². The third kappa shape index (κ3) is 3.07. The molecule has 0 radical (unpaired) electrons. The summed E-state index contributed by atoms with van der Waals surface area (Å²) in [6.07, 6.45) is 3.91. The molecular weight excluding hydrogens is 216 g/mol. The van der Waals surface area contributed by atoms with Gasteiger partial charge in [0.2, 0.25) is 0 Å². The fourth-order valence-electron chi connectivity index (χ4n) is 2.58. The number of aliphatic hydroxyl groups excluding tert-OH is 1. The summed E-state index contributed by atoms with van der Waals surface area (Å²) >= 11 is 0. The zero-order valence-corrected chi connectivity index (χ0v) is 10.9. The number of oxazole rings is 1. The summed E-state index contributed by atoms with van der Waals surface area (Å²) in [4.78, 5) is 6.73. The first-order valence-electron chi connectivity index (χ1n) is 6.37. The van der Waals surface area contributed by atoms with E-state index in [2.05, 4.69) is 16.9 Å². The number of nitrogens with zero attached hydrogens (tertiary/aromatic N) is 2. The van der Waals surface area contributed by atoms with Crippen molar-refractivity contribution in [1.82, 2.24) is 9.88 Å². The van der Waals surface area contributed by atoms with Crippen molar-refractivity contribution in [3.05, 3.63) is 17.3 Å². The summed E-state index contributed by atoms with van der Waals surface area (Å²) in [5.41, 5.74) is 1.04. The molecule has 0 atom stereocenters. The quantitative estimate of drug-likeness (QED) is 0.875. The molecule has 0 aliphatic heterocycles. The van der Waals surface area contributed by atoms with Gasteiger partial charge in [0.05, 0.1) is 11.8 Å². The molecule has 17 heavy (non-hydrogen) atoms. The minimum absolute atomic E-state index is 0.0873. The van der Waals surface area contributed by atoms with Crippen LogP contribution < -0.4 is 0 Å². The van der Waals surface area contributed by atoms with Gasteiger partial charge in [-0.1, -0.05) is 0 Å². The summed E-state index contributed by atoms with van der Waals surface area (Å²) in [5.74, 6) is 1.66. The van der Waals surface area contributed by atoms with Crippen LogP contribution in [0.5, 0.6) is 0 Å². The van der Waals surface area contributed by atoms with E-state index < -0.39 is 0 Å². The molecule has 0 aromatic carbocycles. The average molecular weight is 238 g/mol. The second-order valence-corrected chi connectivity index (χ2v) is 5.11. The Morgan fingerprint density at radius 1 is 1.29 bits per heavy atom. The third-order valence-corrected chi connectivity index (χ3v) is 3.69. The summed E-state index contributed by atoms with van der Waals surface area (Å²) < 4.78 is 5.44. The van der Waals surface area contributed by atoms with Crippen LogP contribution in [0.4, 0.5) is 0 Å². The highest BCUT2D eigenvalue weighted by atomic mass is 16.4. The molecule has 2 rings (SSSR count). The zero-order chi connectivity index (χ0) is 12.4. The predicted octanol–water partition coefficient (Wildman–Crippen LogP) is 2.03. The van der Waals surface area contributed by atoms with E-state index in [1.54, 1.807) is 0 Å². The van der Waals surface area contributed by atoms with E-state index in [9.17, 15) is 5.11 Å². The normalized spacial score (nSPS) is 25.5. The molecule has 0 amide bonds. The molecule has 1 aliphatic carbocycles. The lowest BCUT2D eigenvalue weighted by Gasteiger charge is -2.32. The topological polar surface area (TPSA) is 49.5 Å². The molecule has 1 heterocycles. The van der Waals surface area contributed by atoms with Crippen molar-refractivity contribution in [3.8, 4) is 0 Å². The minimum atomic E-state index is -0.0873. The van der Waals surface area contributed by atoms with Crippen molar-refractivity contribution in [3.63, 3.8) is 0 Å². The number of aromatic nitrogens is 1. The van der Waals surface area contributed by atoms with Gasteiger partial charge in [-0.2, -0.15) is 0 Å². The van der Waals surface area contributed by atoms with E-state index in [-0.39, 0.29) is 6.10 Å². The molecule has 1 aliphatic rings. The molecular formula is C13H22N2O2. The number of aryl methyl sites for hydroxylation is 2. The van der Waals surface area contributed by atoms with Gasteiger partial charge in [-0.3, -0.25) is 4.90 Å². The lowest BCUT2D eigenvalue weighted by molar-refractivity contribution is 0.0812. The molecule has 1 aromatic rings. The highest BCUT2D eigenvalue weighted by Crippen LogP contribution is 2.23. The summed E-state index contributed by atoms with van der Waals surface area (Å²) in [6.45, 7) is 4.69. The van der Waals surface area contributed by atoms with Crippen LogP contribution in [0.3, 0.4) is 0 Å². The molecule has 0 unspecified atom stereocenters. The van der Waals surface area contributed by atoms with Crippen molar-refractivity contribution in [1.29, 1.82) is 0 Å². The van der Waals surface area contributed by atoms with Gasteiger partial charge in [0.1, 0.15) is 5.76 Å². The first kappa shape index (κ1) is 12.6. The molecule has 1 saturated carbocycles. The van der Waals surface area contributed by atoms with Crippen LogP contribution in [0.2, 0.25) is 0 Å². The minimum Gasteiger partial charge on any atom is -0.446 e. The lowest BCUT2D eigenvalue weighted by Crippen LogP contribution is -2.36. The number of hydrogen-bond donors (Lipinski definition) is 1. The Balaban J connectivity index is 1.92. The molecule has 4 nitrogen and oxygen atoms in total. The summed E-state index contributed by atoms with van der Waals surface area (Å²) in [7, 11) is 2.13. The van der Waals surface area contributed by atoms with E-state index >= 15 is 0 Å². The van der Waals surface area contributed by atoms with E-state index in [0.717, 1.165) is 49.6 Å². The van der Waals surface area contributed by atoms with Crippen molar-refractivity contribution in [2.75, 3.05) is 7.05 Å². The highest BCUT2D eigenvalue weighted by Gasteiger charge is 2.23. The number of aliphatic hydroxyl groups is 1. The Hall–Kier alpha value is -0.870. The van der Waals surface area contributed by atoms with Gasteiger partial charge >= 0.3 is 0 Å². The van der Waals surface area contributed by atoms with E-state index in [0.29, 0.717) is 6.04 Å². The van der Waals surface area contributed by atoms with Crippen LogP contribution in [-0.2, 0) is 6.54 Å². The number of rotatable bonds is 3. The van der Waals surface area contributed by atoms with Crippen molar-refractivity contribution < 1.29 is 9.52 Å². The Bertz CT molecular complexity index is 367. The van der Waals surface area contributed by atoms with E-state index in [1.165, 1.54) is 0 Å². The average Bonchev–Trinajstić information content (AvgIpc) is 2.58. The van der Waals surface area contributed by atoms with Crippen LogP contribution in [0.15, 0.2) is 4.42 Å². The zero-order valence-electron chi connectivity index (χ0n) is 10.9. The van der Waals surface area contributed by atoms with Crippen LogP contribution in [0.1, 0.15) is 43.0 Å². The van der Waals surface area contributed by atoms with Crippen molar-refractivity contribution in [2.45, 2.75) is 58.2 Å². The maximum Gasteiger partial charge on any atom is 0.191 e. The maximum atomic E-state index is 9.50. The van der Waals surface area contributed by atoms with Gasteiger partial charge in [-0.25, -0.2) is 4.98 Å². The number of hydrogen-bond acceptors (Lipinski definition) is 4. The van der Waals surface area contributed by atoms with Crippen LogP contribution >= 0.6 is 0 Å². The Kier molecular flexibility index (Phi) is 3.84. The van der Waals surface area contributed by atoms with Crippen LogP contribution in [0.25, 0.3) is 0 Å². The largest absolute Gasteiger partial charge is 0.446 e. The fourth-order valence-corrected chi connectivity index (χ4v) is 2.58. The lowest BCUT2D eigenvalue weighted by atomic mass is 9.92. The van der Waals surface area contributed by atoms with Gasteiger partial charge in [0.25, 0.3) is 0 Å². The first-order valence-corrected chi connectivity index (χ1v) is 6.37. The molecule has 1 N–H and O–H groups in total. The Labute approximate surface area is 103 Å². The summed E-state index contributed by atoms with van der Waals surface area (Å²) in [5, 5.41) is 9.50. The molecule has 4 heteroatoms. The van der Waals surface area contributed by atoms with Gasteiger partial charge in [0.15, 0.2) is 5.89 Å². The van der Waals surface area contributed by atoms with Gasteiger partial charge in [0, 0.05) is 19.5 Å². The molecule has 0 saturated heterocycles. The predicted molar refractivity (Wildman–Crippen MR) is 65.7 cm³/mol. The molecule has 1 fully saturated rings. The smallest absolute Gasteiger partial charge is 0.191 e. The van der Waals surface area contributed by atoms with Crippen molar-refractivity contribution in [2.24, 2.45) is 0 Å². The second-order valence-electron chi connectivity index (χ2n) is 5.11. The highest BCUT2D eigenvalue weighted by molar-refractivity contribution is 5.07. The van der Waals surface area contributed by atoms with Crippen molar-refractivity contribution >= 4 is 0 Å². The molecule has 1 aromatic heterocycles. The van der Waals surface area contributed by atoms with E-state index in [1.807, 2.05) is 13.8 Å². The van der Waals surface area contributed by atoms with Crippen LogP contribution in [-0.4, -0.2) is 34.2 Å². The SMILES string of the molecule is Cc1nc(CN(C)C2CCC(O)CC2)c(C)o1.